The van der Waals surface area contributed by atoms with Gasteiger partial charge in [0.1, 0.15) is 0 Å². The predicted octanol–water partition coefficient (Wildman–Crippen LogP) is 4.96. The van der Waals surface area contributed by atoms with E-state index >= 15 is 0 Å². The average molecular weight is 373 g/mol. The number of rotatable bonds is 0. The molecule has 0 radical (unpaired) electrons. The van der Waals surface area contributed by atoms with Crippen LogP contribution in [0, 0.1) is 0 Å². The molecule has 0 amide bonds. The van der Waals surface area contributed by atoms with E-state index < -0.39 is 0 Å². The molecule has 0 fully saturated rings. The van der Waals surface area contributed by atoms with Crippen molar-refractivity contribution in [1.29, 1.82) is 0 Å². The van der Waals surface area contributed by atoms with Crippen molar-refractivity contribution in [2.24, 2.45) is 0 Å². The van der Waals surface area contributed by atoms with Crippen LogP contribution in [0.25, 0.3) is 46.4 Å². The summed E-state index contributed by atoms with van der Waals surface area (Å²) in [6.07, 6.45) is 8.05. The first-order valence-corrected chi connectivity index (χ1v) is 9.81. The van der Waals surface area contributed by atoms with Crippen LogP contribution in [0.3, 0.4) is 0 Å². The molecule has 4 nitrogen and oxygen atoms in total. The van der Waals surface area contributed by atoms with Crippen LogP contribution in [0.1, 0.15) is 22.8 Å². The zero-order valence-corrected chi connectivity index (χ0v) is 15.7. The van der Waals surface area contributed by atoms with Gasteiger partial charge in [-0.3, -0.25) is 0 Å². The molecule has 3 aromatic rings. The van der Waals surface area contributed by atoms with E-state index in [1.165, 1.54) is 0 Å². The number of hydrogen-bond acceptors (Lipinski definition) is 2. The summed E-state index contributed by atoms with van der Waals surface area (Å²) in [5, 5.41) is 0. The van der Waals surface area contributed by atoms with E-state index in [0.717, 1.165) is 44.8 Å². The van der Waals surface area contributed by atoms with E-state index in [9.17, 15) is 0 Å². The molecule has 5 heterocycles. The topological polar surface area (TPSA) is 57.4 Å². The fraction of sp³-hybridized carbons (Fsp3) is 0. The van der Waals surface area contributed by atoms with Crippen LogP contribution in [0.5, 0.6) is 0 Å². The molecule has 2 N–H and O–H groups in total. The summed E-state index contributed by atoms with van der Waals surface area (Å²) in [5.41, 5.74) is 7.86. The second kappa shape index (κ2) is 7.35. The number of halogens is 1. The fourth-order valence-corrected chi connectivity index (χ4v) is 2.94. The fourth-order valence-electron chi connectivity index (χ4n) is 2.94. The first kappa shape index (κ1) is 16.9. The third kappa shape index (κ3) is 3.66. The molecule has 0 aliphatic carbocycles. The number of fused-ring (bicyclic) bond motifs is 8. The van der Waals surface area contributed by atoms with Crippen molar-refractivity contribution in [2.75, 3.05) is 0 Å². The van der Waals surface area contributed by atoms with Gasteiger partial charge in [-0.05, 0) is 72.8 Å². The average Bonchev–Trinajstić information content (AvgIpc) is 3.42. The summed E-state index contributed by atoms with van der Waals surface area (Å²) in [7, 11) is 4.56. The van der Waals surface area contributed by atoms with Crippen molar-refractivity contribution in [2.45, 2.75) is 0 Å². The molecule has 0 unspecified atom stereocenters. The van der Waals surface area contributed by atoms with Crippen molar-refractivity contribution >= 4 is 71.8 Å². The maximum absolute atomic E-state index is 4.62. The van der Waals surface area contributed by atoms with Gasteiger partial charge in [0.15, 0.2) is 0 Å². The van der Waals surface area contributed by atoms with E-state index in [2.05, 4.69) is 60.3 Å². The molecule has 0 aromatic carbocycles. The van der Waals surface area contributed by atoms with Crippen molar-refractivity contribution < 1.29 is 0 Å². The summed E-state index contributed by atoms with van der Waals surface area (Å²) in [6.45, 7) is 0. The molecule has 0 saturated heterocycles. The van der Waals surface area contributed by atoms with Crippen molar-refractivity contribution in [1.82, 2.24) is 19.9 Å². The second-order valence-electron chi connectivity index (χ2n) is 5.91. The molecular weight excluding hydrogens is 359 g/mol. The van der Waals surface area contributed by atoms with E-state index in [1.54, 1.807) is 0 Å². The van der Waals surface area contributed by atoms with Crippen molar-refractivity contribution in [3.63, 3.8) is 0 Å². The van der Waals surface area contributed by atoms with Gasteiger partial charge in [-0.1, -0.05) is 0 Å². The molecule has 8 bridgehead atoms. The Bertz CT molecular complexity index is 1080. The van der Waals surface area contributed by atoms with Crippen LogP contribution in [-0.2, 0) is 0 Å². The molecule has 0 saturated carbocycles. The van der Waals surface area contributed by atoms with Gasteiger partial charge in [0.25, 0.3) is 0 Å². The molecule has 26 heavy (non-hydrogen) atoms. The Balaban J connectivity index is 0.000000814. The molecule has 5 rings (SSSR count). The quantitative estimate of drug-likeness (QED) is 0.377. The zero-order valence-electron chi connectivity index (χ0n) is 13.8. The maximum atomic E-state index is 4.62. The first-order chi connectivity index (χ1) is 12.8. The molecule has 6 heteroatoms. The first-order valence-electron chi connectivity index (χ1n) is 8.06. The Morgan fingerprint density at radius 3 is 1.31 bits per heavy atom. The summed E-state index contributed by atoms with van der Waals surface area (Å²) in [4.78, 5) is 16.0. The molecule has 122 valence electrons. The summed E-state index contributed by atoms with van der Waals surface area (Å²) in [5.74, 6) is 0. The van der Waals surface area contributed by atoms with Gasteiger partial charge in [-0.2, -0.15) is 0 Å². The molecule has 0 spiro atoms. The Morgan fingerprint density at radius 1 is 0.538 bits per heavy atom. The predicted molar refractivity (Wildman–Crippen MR) is 110 cm³/mol. The van der Waals surface area contributed by atoms with Gasteiger partial charge in [0.2, 0.25) is 0 Å². The number of nitrogens with zero attached hydrogens (tertiary/aromatic N) is 2. The van der Waals surface area contributed by atoms with Crippen LogP contribution in [0.4, 0.5) is 0 Å². The number of H-pyrrole nitrogens is 2. The second-order valence-corrected chi connectivity index (χ2v) is 5.91. The minimum absolute atomic E-state index is 0.915. The van der Waals surface area contributed by atoms with Crippen LogP contribution >= 0.6 is 10.0 Å². The summed E-state index contributed by atoms with van der Waals surface area (Å²) >= 11 is 1.89. The Labute approximate surface area is 162 Å². The third-order valence-corrected chi connectivity index (χ3v) is 4.04. The summed E-state index contributed by atoms with van der Waals surface area (Å²) < 4.78 is 0. The molecular formula is C20H14AlClN4+2. The van der Waals surface area contributed by atoms with Gasteiger partial charge >= 0.3 is 25.4 Å². The van der Waals surface area contributed by atoms with E-state index in [4.69, 9.17) is 0 Å². The molecule has 2 aliphatic rings. The van der Waals surface area contributed by atoms with Gasteiger partial charge in [0.05, 0.1) is 22.8 Å². The molecule has 3 aromatic heterocycles. The SMILES string of the molecule is C1=Cc2cc3ccc(cc4ccc(cc5nc(cc1n2)C=C5)[nH]4)[nH]3.[Al+2][Cl]. The van der Waals surface area contributed by atoms with Gasteiger partial charge < -0.3 is 9.97 Å². The number of aromatic nitrogens is 4. The molecule has 2 aliphatic heterocycles. The van der Waals surface area contributed by atoms with Crippen LogP contribution in [0.2, 0.25) is 0 Å². The van der Waals surface area contributed by atoms with Crippen molar-refractivity contribution in [3.05, 3.63) is 71.3 Å². The Hall–Kier alpha value is -2.58. The number of hydrogen-bond donors (Lipinski definition) is 2. The van der Waals surface area contributed by atoms with Gasteiger partial charge in [-0.15, -0.1) is 0 Å². The van der Waals surface area contributed by atoms with Gasteiger partial charge in [0, 0.05) is 22.1 Å². The van der Waals surface area contributed by atoms with E-state index in [0.29, 0.717) is 0 Å². The van der Waals surface area contributed by atoms with Crippen LogP contribution in [0.15, 0.2) is 48.5 Å². The number of nitrogens with one attached hydrogen (secondary N) is 2. The van der Waals surface area contributed by atoms with E-state index in [-0.39, 0.29) is 0 Å². The monoisotopic (exact) mass is 372 g/mol. The van der Waals surface area contributed by atoms with Crippen molar-refractivity contribution in [3.8, 4) is 0 Å². The Kier molecular flexibility index (Phi) is 4.77. The standard InChI is InChI=1S/C20H14N4.Al.ClH/c1-2-14-10-16-5-6-18(23-16)12-20-8-7-19(24-20)11-17-4-3-15(22-17)9-13(1)21-14;;/h1-12,21-22H;;1H/q;+3;/p-1. The van der Waals surface area contributed by atoms with Gasteiger partial charge in [-0.25, -0.2) is 9.97 Å². The normalized spacial score (nSPS) is 12.0. The minimum atomic E-state index is 0.915. The van der Waals surface area contributed by atoms with Crippen LogP contribution < -0.4 is 0 Å². The third-order valence-electron chi connectivity index (χ3n) is 4.04. The number of aromatic amines is 2. The zero-order chi connectivity index (χ0) is 17.9. The Morgan fingerprint density at radius 2 is 0.885 bits per heavy atom. The molecule has 0 atom stereocenters. The summed E-state index contributed by atoms with van der Waals surface area (Å²) in [6, 6.07) is 16.4. The van der Waals surface area contributed by atoms with Crippen LogP contribution in [-0.4, -0.2) is 35.3 Å². The van der Waals surface area contributed by atoms with E-state index in [1.807, 2.05) is 57.9 Å².